The monoisotopic (exact) mass is 303 g/mol. The van der Waals surface area contributed by atoms with Gasteiger partial charge in [-0.1, -0.05) is 11.6 Å². The third-order valence-electron chi connectivity index (χ3n) is 2.33. The van der Waals surface area contributed by atoms with Gasteiger partial charge in [0.05, 0.1) is 4.92 Å². The van der Waals surface area contributed by atoms with Crippen LogP contribution in [0.5, 0.6) is 0 Å². The van der Waals surface area contributed by atoms with Crippen molar-refractivity contribution >= 4 is 29.2 Å². The number of aliphatic hydroxyl groups is 1. The van der Waals surface area contributed by atoms with Crippen LogP contribution in [0.4, 0.5) is 5.69 Å². The number of carbonyl (C=O) groups excluding carboxylic acids is 1. The van der Waals surface area contributed by atoms with Crippen LogP contribution in [-0.4, -0.2) is 44.6 Å². The molecule has 10 heteroatoms. The highest BCUT2D eigenvalue weighted by Crippen LogP contribution is 2.25. The summed E-state index contributed by atoms with van der Waals surface area (Å²) in [5.74, 6) is -2.35. The van der Waals surface area contributed by atoms with Crippen LogP contribution >= 0.6 is 11.6 Å². The molecule has 0 unspecified atom stereocenters. The van der Waals surface area contributed by atoms with Gasteiger partial charge in [-0.05, 0) is 6.07 Å². The molecule has 0 saturated carbocycles. The average Bonchev–Trinajstić information content (AvgIpc) is 2.37. The van der Waals surface area contributed by atoms with Crippen molar-refractivity contribution in [1.29, 1.82) is 0 Å². The van der Waals surface area contributed by atoms with E-state index < -0.39 is 45.9 Å². The summed E-state index contributed by atoms with van der Waals surface area (Å²) in [6.07, 6.45) is 0.861. The number of nitro groups is 1. The lowest BCUT2D eigenvalue weighted by molar-refractivity contribution is -0.385. The predicted molar refractivity (Wildman–Crippen MR) is 66.5 cm³/mol. The third-order valence-corrected chi connectivity index (χ3v) is 2.60. The molecule has 1 aromatic heterocycles. The van der Waals surface area contributed by atoms with Crippen molar-refractivity contribution in [2.75, 3.05) is 6.61 Å². The molecule has 1 rings (SSSR count). The fraction of sp³-hybridized carbons (Fsp3) is 0.300. The highest BCUT2D eigenvalue weighted by atomic mass is 35.5. The first-order valence-electron chi connectivity index (χ1n) is 5.32. The summed E-state index contributed by atoms with van der Waals surface area (Å²) in [4.78, 5) is 36.1. The molecule has 0 spiro atoms. The third kappa shape index (κ3) is 3.62. The second-order valence-electron chi connectivity index (χ2n) is 3.63. The first kappa shape index (κ1) is 15.8. The number of hydrogen-bond acceptors (Lipinski definition) is 6. The Morgan fingerprint density at radius 2 is 2.20 bits per heavy atom. The first-order valence-corrected chi connectivity index (χ1v) is 5.69. The van der Waals surface area contributed by atoms with E-state index in [1.54, 1.807) is 0 Å². The van der Waals surface area contributed by atoms with Crippen LogP contribution in [0.2, 0.25) is 5.15 Å². The zero-order valence-electron chi connectivity index (χ0n) is 9.95. The molecule has 0 aliphatic heterocycles. The topological polar surface area (TPSA) is 143 Å². The van der Waals surface area contributed by atoms with Crippen molar-refractivity contribution in [1.82, 2.24) is 10.3 Å². The molecule has 0 aromatic carbocycles. The standard InChI is InChI=1S/C10H10ClN3O6/c11-8-7(14(19)20)5(1-3-12-8)9(16)13-6(2-4-15)10(17)18/h1,3,6,15H,2,4H2,(H,13,16)(H,17,18)/t6-/m1/s1. The van der Waals surface area contributed by atoms with E-state index in [9.17, 15) is 19.7 Å². The number of carboxylic acids is 1. The van der Waals surface area contributed by atoms with E-state index in [1.807, 2.05) is 0 Å². The predicted octanol–water partition coefficient (Wildman–Crippen LogP) is 0.209. The Hall–Kier alpha value is -2.26. The molecule has 0 bridgehead atoms. The lowest BCUT2D eigenvalue weighted by Gasteiger charge is -2.13. The van der Waals surface area contributed by atoms with Gasteiger partial charge in [0.25, 0.3) is 5.91 Å². The molecular formula is C10H10ClN3O6. The summed E-state index contributed by atoms with van der Waals surface area (Å²) in [6, 6.07) is -0.309. The van der Waals surface area contributed by atoms with E-state index in [-0.39, 0.29) is 6.42 Å². The molecule has 1 aromatic rings. The van der Waals surface area contributed by atoms with Crippen molar-refractivity contribution in [3.05, 3.63) is 33.1 Å². The van der Waals surface area contributed by atoms with Crippen LogP contribution in [0, 0.1) is 10.1 Å². The van der Waals surface area contributed by atoms with Gasteiger partial charge in [0.15, 0.2) is 0 Å². The highest BCUT2D eigenvalue weighted by molar-refractivity contribution is 6.32. The number of aromatic nitrogens is 1. The second-order valence-corrected chi connectivity index (χ2v) is 3.99. The number of aliphatic carboxylic acids is 1. The Bertz CT molecular complexity index is 550. The largest absolute Gasteiger partial charge is 0.480 e. The molecule has 0 aliphatic rings. The minimum absolute atomic E-state index is 0.228. The van der Waals surface area contributed by atoms with Crippen molar-refractivity contribution in [2.45, 2.75) is 12.5 Å². The number of amides is 1. The van der Waals surface area contributed by atoms with Gasteiger partial charge in [0.1, 0.15) is 11.6 Å². The summed E-state index contributed by atoms with van der Waals surface area (Å²) >= 11 is 5.54. The smallest absolute Gasteiger partial charge is 0.326 e. The van der Waals surface area contributed by atoms with E-state index in [4.69, 9.17) is 21.8 Å². The summed E-state index contributed by atoms with van der Waals surface area (Å²) in [5.41, 5.74) is -1.11. The molecule has 108 valence electrons. The molecule has 0 saturated heterocycles. The quantitative estimate of drug-likeness (QED) is 0.387. The first-order chi connectivity index (χ1) is 9.38. The van der Waals surface area contributed by atoms with E-state index in [1.165, 1.54) is 0 Å². The fourth-order valence-corrected chi connectivity index (χ4v) is 1.63. The molecule has 0 aliphatic carbocycles. The van der Waals surface area contributed by atoms with Gasteiger partial charge in [0.2, 0.25) is 5.15 Å². The number of nitrogens with zero attached hydrogens (tertiary/aromatic N) is 2. The van der Waals surface area contributed by atoms with Crippen LogP contribution in [0.15, 0.2) is 12.3 Å². The van der Waals surface area contributed by atoms with Crippen molar-refractivity contribution < 1.29 is 24.7 Å². The number of nitrogens with one attached hydrogen (secondary N) is 1. The van der Waals surface area contributed by atoms with Crippen molar-refractivity contribution in [3.63, 3.8) is 0 Å². The van der Waals surface area contributed by atoms with Crippen LogP contribution in [0.3, 0.4) is 0 Å². The number of pyridine rings is 1. The Kier molecular flexibility index (Phi) is 5.35. The maximum Gasteiger partial charge on any atom is 0.326 e. The molecule has 1 heterocycles. The number of halogens is 1. The summed E-state index contributed by atoms with van der Waals surface area (Å²) in [5, 5.41) is 30.0. The maximum atomic E-state index is 11.9. The summed E-state index contributed by atoms with van der Waals surface area (Å²) < 4.78 is 0. The lowest BCUT2D eigenvalue weighted by atomic mass is 10.1. The maximum absolute atomic E-state index is 11.9. The van der Waals surface area contributed by atoms with Crippen molar-refractivity contribution in [3.8, 4) is 0 Å². The Labute approximate surface area is 117 Å². The normalized spacial score (nSPS) is 11.7. The number of rotatable bonds is 6. The van der Waals surface area contributed by atoms with E-state index >= 15 is 0 Å². The van der Waals surface area contributed by atoms with Crippen LogP contribution in [0.25, 0.3) is 0 Å². The van der Waals surface area contributed by atoms with Crippen molar-refractivity contribution in [2.24, 2.45) is 0 Å². The molecule has 0 fully saturated rings. The minimum atomic E-state index is -1.37. The zero-order valence-corrected chi connectivity index (χ0v) is 10.7. The summed E-state index contributed by atoms with van der Waals surface area (Å²) in [6.45, 7) is -0.462. The molecular weight excluding hydrogens is 294 g/mol. The van der Waals surface area contributed by atoms with Crippen LogP contribution in [-0.2, 0) is 4.79 Å². The van der Waals surface area contributed by atoms with Crippen LogP contribution in [0.1, 0.15) is 16.8 Å². The number of hydrogen-bond donors (Lipinski definition) is 3. The number of carboxylic acid groups (broad SMARTS) is 1. The SMILES string of the molecule is O=C(N[C@H](CCO)C(=O)O)c1ccnc(Cl)c1[N+](=O)[O-]. The Morgan fingerprint density at radius 1 is 1.55 bits per heavy atom. The van der Waals surface area contributed by atoms with Gasteiger partial charge >= 0.3 is 11.7 Å². The minimum Gasteiger partial charge on any atom is -0.480 e. The van der Waals surface area contributed by atoms with Gasteiger partial charge < -0.3 is 15.5 Å². The molecule has 3 N–H and O–H groups in total. The average molecular weight is 304 g/mol. The van der Waals surface area contributed by atoms with Gasteiger partial charge in [-0.15, -0.1) is 0 Å². The highest BCUT2D eigenvalue weighted by Gasteiger charge is 2.27. The molecule has 1 atom stereocenters. The van der Waals surface area contributed by atoms with Gasteiger partial charge in [-0.2, -0.15) is 0 Å². The molecule has 20 heavy (non-hydrogen) atoms. The zero-order chi connectivity index (χ0) is 15.3. The Balaban J connectivity index is 3.06. The van der Waals surface area contributed by atoms with Gasteiger partial charge in [-0.25, -0.2) is 9.78 Å². The van der Waals surface area contributed by atoms with Crippen LogP contribution < -0.4 is 5.32 Å². The van der Waals surface area contributed by atoms with E-state index in [0.29, 0.717) is 0 Å². The van der Waals surface area contributed by atoms with E-state index in [0.717, 1.165) is 12.3 Å². The molecule has 1 amide bonds. The summed E-state index contributed by atoms with van der Waals surface area (Å²) in [7, 11) is 0. The lowest BCUT2D eigenvalue weighted by Crippen LogP contribution is -2.41. The fourth-order valence-electron chi connectivity index (χ4n) is 1.41. The molecule has 9 nitrogen and oxygen atoms in total. The number of carbonyl (C=O) groups is 2. The van der Waals surface area contributed by atoms with E-state index in [2.05, 4.69) is 10.3 Å². The number of aliphatic hydroxyl groups excluding tert-OH is 1. The van der Waals surface area contributed by atoms with Gasteiger partial charge in [0, 0.05) is 19.2 Å². The second kappa shape index (κ2) is 6.78. The Morgan fingerprint density at radius 3 is 2.70 bits per heavy atom. The molecule has 0 radical (unpaired) electrons. The van der Waals surface area contributed by atoms with Gasteiger partial charge in [-0.3, -0.25) is 14.9 Å².